The smallest absolute Gasteiger partial charge is 0.390 e. The van der Waals surface area contributed by atoms with E-state index in [0.717, 1.165) is 4.68 Å². The van der Waals surface area contributed by atoms with Gasteiger partial charge in [-0.2, -0.15) is 4.68 Å². The van der Waals surface area contributed by atoms with Crippen LogP contribution < -0.4 is 5.76 Å². The van der Waals surface area contributed by atoms with Crippen molar-refractivity contribution in [1.82, 2.24) is 9.78 Å². The van der Waals surface area contributed by atoms with Crippen molar-refractivity contribution in [3.05, 3.63) is 50.2 Å². The molecule has 8 heteroatoms. The van der Waals surface area contributed by atoms with Crippen LogP contribution in [0.3, 0.4) is 0 Å². The number of methoxy groups -OCH3 is 1. The molecule has 0 N–H and O–H groups in total. The molecule has 0 amide bonds. The predicted molar refractivity (Wildman–Crippen MR) is 72.3 cm³/mol. The highest BCUT2D eigenvalue weighted by Crippen LogP contribution is 2.25. The maximum atomic E-state index is 12.1. The van der Waals surface area contributed by atoms with Crippen LogP contribution in [0.1, 0.15) is 16.2 Å². The molecular weight excluding hydrogens is 307 g/mol. The van der Waals surface area contributed by atoms with Gasteiger partial charge in [0, 0.05) is 12.7 Å². The van der Waals surface area contributed by atoms with Crippen molar-refractivity contribution in [2.75, 3.05) is 7.11 Å². The van der Waals surface area contributed by atoms with E-state index in [1.54, 1.807) is 12.1 Å². The lowest BCUT2D eigenvalue weighted by Crippen LogP contribution is -2.21. The third-order valence-corrected chi connectivity index (χ3v) is 3.28. The van der Waals surface area contributed by atoms with Gasteiger partial charge in [-0.05, 0) is 12.1 Å². The van der Waals surface area contributed by atoms with E-state index in [4.69, 9.17) is 32.4 Å². The molecule has 2 aromatic rings. The van der Waals surface area contributed by atoms with Crippen molar-refractivity contribution in [2.45, 2.75) is 13.2 Å². The SMILES string of the molecule is COCc1nn(CC(=O)c2cccc(Cl)c2Cl)c(=O)o1. The summed E-state index contributed by atoms with van der Waals surface area (Å²) in [6.45, 7) is -0.236. The molecule has 0 aliphatic rings. The number of aromatic nitrogens is 2. The maximum Gasteiger partial charge on any atom is 0.437 e. The van der Waals surface area contributed by atoms with E-state index in [9.17, 15) is 9.59 Å². The number of Topliss-reactive ketones (excluding diaryl/α,β-unsaturated/α-hetero) is 1. The molecule has 1 aromatic carbocycles. The molecule has 20 heavy (non-hydrogen) atoms. The Balaban J connectivity index is 2.23. The third-order valence-electron chi connectivity index (χ3n) is 2.46. The van der Waals surface area contributed by atoms with Gasteiger partial charge in [-0.3, -0.25) is 4.79 Å². The first-order chi connectivity index (χ1) is 9.52. The summed E-state index contributed by atoms with van der Waals surface area (Å²) in [4.78, 5) is 23.6. The Labute approximate surface area is 123 Å². The average Bonchev–Trinajstić information content (AvgIpc) is 2.73. The molecule has 0 bridgehead atoms. The molecule has 0 atom stereocenters. The standard InChI is InChI=1S/C12H10Cl2N2O4/c1-19-6-10-15-16(12(18)20-10)5-9(17)7-3-2-4-8(13)11(7)14/h2-4H,5-6H2,1H3. The lowest BCUT2D eigenvalue weighted by atomic mass is 10.1. The Morgan fingerprint density at radius 1 is 1.45 bits per heavy atom. The van der Waals surface area contributed by atoms with E-state index in [1.807, 2.05) is 0 Å². The Morgan fingerprint density at radius 2 is 2.20 bits per heavy atom. The lowest BCUT2D eigenvalue weighted by molar-refractivity contribution is 0.0965. The van der Waals surface area contributed by atoms with Crippen LogP contribution in [0, 0.1) is 0 Å². The fourth-order valence-corrected chi connectivity index (χ4v) is 1.98. The van der Waals surface area contributed by atoms with Crippen LogP contribution in [0.15, 0.2) is 27.4 Å². The van der Waals surface area contributed by atoms with E-state index in [2.05, 4.69) is 5.10 Å². The number of carbonyl (C=O) groups excluding carboxylic acids is 1. The molecule has 1 heterocycles. The average molecular weight is 317 g/mol. The number of carbonyl (C=O) groups is 1. The minimum absolute atomic E-state index is 0.0500. The number of nitrogens with zero attached hydrogens (tertiary/aromatic N) is 2. The topological polar surface area (TPSA) is 74.3 Å². The molecule has 0 fully saturated rings. The van der Waals surface area contributed by atoms with E-state index in [0.29, 0.717) is 0 Å². The second kappa shape index (κ2) is 6.21. The summed E-state index contributed by atoms with van der Waals surface area (Å²) in [6.07, 6.45) is 0. The number of ether oxygens (including phenoxy) is 1. The van der Waals surface area contributed by atoms with E-state index >= 15 is 0 Å². The summed E-state index contributed by atoms with van der Waals surface area (Å²) >= 11 is 11.8. The minimum Gasteiger partial charge on any atom is -0.390 e. The lowest BCUT2D eigenvalue weighted by Gasteiger charge is -2.03. The molecule has 0 aliphatic heterocycles. The molecule has 6 nitrogen and oxygen atoms in total. The van der Waals surface area contributed by atoms with Crippen LogP contribution in [-0.4, -0.2) is 22.7 Å². The molecule has 0 unspecified atom stereocenters. The quantitative estimate of drug-likeness (QED) is 0.790. The van der Waals surface area contributed by atoms with Crippen LogP contribution in [0.2, 0.25) is 10.0 Å². The number of halogens is 2. The number of benzene rings is 1. The normalized spacial score (nSPS) is 10.8. The van der Waals surface area contributed by atoms with E-state index in [1.165, 1.54) is 13.2 Å². The number of hydrogen-bond acceptors (Lipinski definition) is 5. The first kappa shape index (κ1) is 14.8. The number of ketones is 1. The van der Waals surface area contributed by atoms with Gasteiger partial charge in [-0.1, -0.05) is 29.3 Å². The summed E-state index contributed by atoms with van der Waals surface area (Å²) in [6, 6.07) is 4.70. The second-order valence-corrected chi connectivity index (χ2v) is 4.66. The summed E-state index contributed by atoms with van der Waals surface area (Å²) in [5.41, 5.74) is 0.224. The highest BCUT2D eigenvalue weighted by atomic mass is 35.5. The van der Waals surface area contributed by atoms with Crippen molar-refractivity contribution in [1.29, 1.82) is 0 Å². The zero-order valence-corrected chi connectivity index (χ0v) is 11.9. The first-order valence-corrected chi connectivity index (χ1v) is 6.31. The zero-order chi connectivity index (χ0) is 14.7. The zero-order valence-electron chi connectivity index (χ0n) is 10.4. The summed E-state index contributed by atoms with van der Waals surface area (Å²) in [5, 5.41) is 4.25. The highest BCUT2D eigenvalue weighted by Gasteiger charge is 2.16. The molecule has 2 rings (SSSR count). The Kier molecular flexibility index (Phi) is 4.59. The molecule has 106 valence electrons. The van der Waals surface area contributed by atoms with Crippen molar-refractivity contribution in [2.24, 2.45) is 0 Å². The van der Waals surface area contributed by atoms with Crippen LogP contribution in [-0.2, 0) is 17.9 Å². The summed E-state index contributed by atoms with van der Waals surface area (Å²) in [5.74, 6) is -1.03. The van der Waals surface area contributed by atoms with Crippen LogP contribution >= 0.6 is 23.2 Å². The molecule has 0 aliphatic carbocycles. The van der Waals surface area contributed by atoms with Crippen molar-refractivity contribution in [3.63, 3.8) is 0 Å². The number of hydrogen-bond donors (Lipinski definition) is 0. The molecule has 0 spiro atoms. The van der Waals surface area contributed by atoms with Crippen LogP contribution in [0.4, 0.5) is 0 Å². The molecular formula is C12H10Cl2N2O4. The van der Waals surface area contributed by atoms with Crippen LogP contribution in [0.5, 0.6) is 0 Å². The van der Waals surface area contributed by atoms with Gasteiger partial charge in [0.15, 0.2) is 5.78 Å². The van der Waals surface area contributed by atoms with Gasteiger partial charge in [0.1, 0.15) is 13.2 Å². The third kappa shape index (κ3) is 3.09. The fraction of sp³-hybridized carbons (Fsp3) is 0.250. The van der Waals surface area contributed by atoms with Gasteiger partial charge in [-0.15, -0.1) is 5.10 Å². The second-order valence-electron chi connectivity index (χ2n) is 3.88. The van der Waals surface area contributed by atoms with Gasteiger partial charge in [0.25, 0.3) is 0 Å². The first-order valence-electron chi connectivity index (χ1n) is 5.56. The van der Waals surface area contributed by atoms with Crippen LogP contribution in [0.25, 0.3) is 0 Å². The Bertz CT molecular complexity index is 693. The summed E-state index contributed by atoms with van der Waals surface area (Å²) in [7, 11) is 1.44. The monoisotopic (exact) mass is 316 g/mol. The van der Waals surface area contributed by atoms with Gasteiger partial charge in [-0.25, -0.2) is 4.79 Å². The van der Waals surface area contributed by atoms with Crippen molar-refractivity contribution >= 4 is 29.0 Å². The van der Waals surface area contributed by atoms with Gasteiger partial charge in [0.2, 0.25) is 5.89 Å². The van der Waals surface area contributed by atoms with Crippen molar-refractivity contribution in [3.8, 4) is 0 Å². The highest BCUT2D eigenvalue weighted by molar-refractivity contribution is 6.43. The Morgan fingerprint density at radius 3 is 2.90 bits per heavy atom. The van der Waals surface area contributed by atoms with Gasteiger partial charge >= 0.3 is 5.76 Å². The summed E-state index contributed by atoms with van der Waals surface area (Å²) < 4.78 is 10.5. The largest absolute Gasteiger partial charge is 0.437 e. The van der Waals surface area contributed by atoms with Gasteiger partial charge in [0.05, 0.1) is 10.0 Å². The number of rotatable bonds is 5. The Hall–Kier alpha value is -1.63. The van der Waals surface area contributed by atoms with E-state index in [-0.39, 0.29) is 34.7 Å². The minimum atomic E-state index is -0.733. The molecule has 0 saturated heterocycles. The van der Waals surface area contributed by atoms with Gasteiger partial charge < -0.3 is 9.15 Å². The fourth-order valence-electron chi connectivity index (χ4n) is 1.57. The van der Waals surface area contributed by atoms with E-state index < -0.39 is 11.5 Å². The molecule has 1 aromatic heterocycles. The molecule has 0 radical (unpaired) electrons. The molecule has 0 saturated carbocycles. The predicted octanol–water partition coefficient (Wildman–Crippen LogP) is 2.17. The van der Waals surface area contributed by atoms with Crippen molar-refractivity contribution < 1.29 is 13.9 Å². The maximum absolute atomic E-state index is 12.1.